The van der Waals surface area contributed by atoms with Crippen molar-refractivity contribution >= 4 is 21.7 Å². The molecule has 2 aromatic rings. The number of alkyl halides is 3. The van der Waals surface area contributed by atoms with Crippen LogP contribution in [0.15, 0.2) is 59.5 Å². The van der Waals surface area contributed by atoms with E-state index in [1.807, 2.05) is 0 Å². The Hall–Kier alpha value is -3.59. The molecule has 1 amide bonds. The number of rotatable bonds is 7. The molecule has 0 saturated heterocycles. The van der Waals surface area contributed by atoms with E-state index < -0.39 is 79.3 Å². The zero-order valence-electron chi connectivity index (χ0n) is 18.6. The average Bonchev–Trinajstić information content (AvgIpc) is 3.46. The third-order valence-corrected chi connectivity index (χ3v) is 9.40. The minimum absolute atomic E-state index is 0.198. The van der Waals surface area contributed by atoms with Crippen LogP contribution >= 0.6 is 0 Å². The van der Waals surface area contributed by atoms with Crippen molar-refractivity contribution in [1.29, 1.82) is 5.26 Å². The fraction of sp³-hybridized carbons (Fsp3) is 0.375. The van der Waals surface area contributed by atoms with E-state index in [1.165, 1.54) is 12.1 Å². The number of amides is 1. The van der Waals surface area contributed by atoms with E-state index in [4.69, 9.17) is 10.5 Å². The van der Waals surface area contributed by atoms with Gasteiger partial charge in [-0.15, -0.1) is 0 Å². The summed E-state index contributed by atoms with van der Waals surface area (Å²) in [5.74, 6) is -3.56. The molecule has 0 radical (unpaired) electrons. The molecule has 2 aliphatic carbocycles. The predicted molar refractivity (Wildman–Crippen MR) is 118 cm³/mol. The summed E-state index contributed by atoms with van der Waals surface area (Å²) >= 11 is 0. The summed E-state index contributed by atoms with van der Waals surface area (Å²) in [6.45, 7) is 0. The summed E-state index contributed by atoms with van der Waals surface area (Å²) in [6.07, 6.45) is -7.69. The highest BCUT2D eigenvalue weighted by Crippen LogP contribution is 2.66. The summed E-state index contributed by atoms with van der Waals surface area (Å²) in [5.41, 5.74) is 0.120. The van der Waals surface area contributed by atoms with Gasteiger partial charge in [-0.05, 0) is 37.1 Å². The number of benzene rings is 2. The van der Waals surface area contributed by atoms with E-state index in [1.54, 1.807) is 24.3 Å². The smallest absolute Gasteiger partial charge is 0.417 e. The maximum atomic E-state index is 13.6. The Kier molecular flexibility index (Phi) is 6.03. The highest BCUT2D eigenvalue weighted by atomic mass is 32.2. The zero-order valence-corrected chi connectivity index (χ0v) is 19.4. The number of nitriles is 1. The topological polar surface area (TPSA) is 148 Å². The van der Waals surface area contributed by atoms with Gasteiger partial charge in [-0.1, -0.05) is 30.3 Å². The van der Waals surface area contributed by atoms with Crippen molar-refractivity contribution in [1.82, 2.24) is 0 Å². The monoisotopic (exact) mass is 522 g/mol. The van der Waals surface area contributed by atoms with Gasteiger partial charge in [-0.2, -0.15) is 18.4 Å². The number of ether oxygens (including phenoxy) is 1. The molecule has 2 saturated carbocycles. The SMILES string of the molecule is N#CC1(C(N)=O)CC1[C@]1(C(=O)O)C[C@@H](S(=O)(=O)c2ccccc2C(F)(F)F)C[C@H]1Oc1ccccc1. The molecule has 36 heavy (non-hydrogen) atoms. The molecule has 12 heteroatoms. The molecule has 5 atom stereocenters. The first-order chi connectivity index (χ1) is 16.8. The lowest BCUT2D eigenvalue weighted by Gasteiger charge is -2.32. The maximum absolute atomic E-state index is 13.6. The van der Waals surface area contributed by atoms with Gasteiger partial charge in [0.15, 0.2) is 9.84 Å². The van der Waals surface area contributed by atoms with Gasteiger partial charge in [0, 0.05) is 12.3 Å². The number of nitrogens with zero attached hydrogens (tertiary/aromatic N) is 1. The lowest BCUT2D eigenvalue weighted by atomic mass is 9.75. The van der Waals surface area contributed by atoms with E-state index in [0.29, 0.717) is 6.07 Å². The first-order valence-corrected chi connectivity index (χ1v) is 12.4. The number of hydrogen-bond acceptors (Lipinski definition) is 6. The van der Waals surface area contributed by atoms with Crippen LogP contribution in [0.2, 0.25) is 0 Å². The van der Waals surface area contributed by atoms with E-state index in [0.717, 1.165) is 18.2 Å². The lowest BCUT2D eigenvalue weighted by Crippen LogP contribution is -2.46. The van der Waals surface area contributed by atoms with Crippen molar-refractivity contribution < 1.29 is 41.0 Å². The van der Waals surface area contributed by atoms with Crippen LogP contribution in [0, 0.1) is 28.1 Å². The second-order valence-corrected chi connectivity index (χ2v) is 11.3. The molecule has 0 aromatic heterocycles. The number of carbonyl (C=O) groups excluding carboxylic acids is 1. The van der Waals surface area contributed by atoms with Gasteiger partial charge in [0.1, 0.15) is 22.7 Å². The molecule has 3 N–H and O–H groups in total. The summed E-state index contributed by atoms with van der Waals surface area (Å²) < 4.78 is 73.8. The number of sulfone groups is 1. The molecule has 0 heterocycles. The van der Waals surface area contributed by atoms with Crippen LogP contribution in [0.1, 0.15) is 24.8 Å². The summed E-state index contributed by atoms with van der Waals surface area (Å²) in [7, 11) is -4.71. The number of hydrogen-bond donors (Lipinski definition) is 2. The second kappa shape index (κ2) is 8.51. The van der Waals surface area contributed by atoms with E-state index in [9.17, 15) is 41.5 Å². The van der Waals surface area contributed by atoms with E-state index >= 15 is 0 Å². The van der Waals surface area contributed by atoms with Crippen LogP contribution in [0.5, 0.6) is 5.75 Å². The number of nitrogens with two attached hydrogens (primary N) is 1. The van der Waals surface area contributed by atoms with Crippen molar-refractivity contribution in [3.63, 3.8) is 0 Å². The van der Waals surface area contributed by atoms with Crippen LogP contribution in [0.3, 0.4) is 0 Å². The normalized spacial score (nSPS) is 29.8. The molecular formula is C24H21F3N2O6S. The Balaban J connectivity index is 1.83. The quantitative estimate of drug-likeness (QED) is 0.568. The Morgan fingerprint density at radius 2 is 1.69 bits per heavy atom. The maximum Gasteiger partial charge on any atom is 0.417 e. The third kappa shape index (κ3) is 3.87. The third-order valence-electron chi connectivity index (χ3n) is 7.20. The minimum atomic E-state index is -4.97. The number of aliphatic carboxylic acids is 1. The van der Waals surface area contributed by atoms with Crippen molar-refractivity contribution in [2.24, 2.45) is 22.5 Å². The Morgan fingerprint density at radius 3 is 2.22 bits per heavy atom. The second-order valence-electron chi connectivity index (χ2n) is 9.07. The average molecular weight is 523 g/mol. The van der Waals surface area contributed by atoms with E-state index in [2.05, 4.69) is 0 Å². The zero-order chi connectivity index (χ0) is 26.5. The van der Waals surface area contributed by atoms with Crippen LogP contribution in [0.4, 0.5) is 13.2 Å². The molecule has 2 fully saturated rings. The highest BCUT2D eigenvalue weighted by molar-refractivity contribution is 7.92. The van der Waals surface area contributed by atoms with Crippen LogP contribution in [-0.2, 0) is 25.6 Å². The standard InChI is InChI=1S/C24H21F3N2O6S/c25-24(26,27)16-8-4-5-9-17(16)36(33,34)15-10-19(35-14-6-2-1-3-7-14)23(11-15,21(31)32)18-12-22(18,13-28)20(29)30/h1-9,15,18-19H,10-12H2,(H2,29,30)(H,31,32)/t15-,18?,19+,22?,23+/m0/s1. The van der Waals surface area contributed by atoms with Crippen molar-refractivity contribution in [3.05, 3.63) is 60.2 Å². The van der Waals surface area contributed by atoms with Gasteiger partial charge < -0.3 is 15.6 Å². The largest absolute Gasteiger partial charge is 0.489 e. The van der Waals surface area contributed by atoms with Gasteiger partial charge in [0.05, 0.1) is 21.8 Å². The fourth-order valence-corrected chi connectivity index (χ4v) is 7.34. The van der Waals surface area contributed by atoms with Crippen molar-refractivity contribution in [2.45, 2.75) is 41.7 Å². The first-order valence-electron chi connectivity index (χ1n) is 10.9. The molecule has 0 spiro atoms. The number of carboxylic acids is 1. The number of halogens is 3. The van der Waals surface area contributed by atoms with Gasteiger partial charge >= 0.3 is 12.1 Å². The molecule has 0 aliphatic heterocycles. The Morgan fingerprint density at radius 1 is 1.08 bits per heavy atom. The number of para-hydroxylation sites is 1. The minimum Gasteiger partial charge on any atom is -0.489 e. The highest BCUT2D eigenvalue weighted by Gasteiger charge is 2.76. The molecule has 2 aliphatic rings. The predicted octanol–water partition coefficient (Wildman–Crippen LogP) is 3.18. The van der Waals surface area contributed by atoms with Crippen molar-refractivity contribution in [2.75, 3.05) is 0 Å². The summed E-state index contributed by atoms with van der Waals surface area (Å²) in [6, 6.07) is 13.3. The van der Waals surface area contributed by atoms with Crippen LogP contribution in [-0.4, -0.2) is 36.8 Å². The van der Waals surface area contributed by atoms with Crippen LogP contribution < -0.4 is 10.5 Å². The van der Waals surface area contributed by atoms with E-state index in [-0.39, 0.29) is 12.2 Å². The first kappa shape index (κ1) is 25.5. The Bertz CT molecular complexity index is 1360. The molecule has 8 nitrogen and oxygen atoms in total. The summed E-state index contributed by atoms with van der Waals surface area (Å²) in [5, 5.41) is 18.4. The van der Waals surface area contributed by atoms with Gasteiger partial charge in [-0.3, -0.25) is 9.59 Å². The van der Waals surface area contributed by atoms with Crippen LogP contribution in [0.25, 0.3) is 0 Å². The molecule has 4 rings (SSSR count). The van der Waals surface area contributed by atoms with Crippen molar-refractivity contribution in [3.8, 4) is 11.8 Å². The molecular weight excluding hydrogens is 501 g/mol. The molecule has 2 aromatic carbocycles. The Labute approximate surface area is 204 Å². The fourth-order valence-electron chi connectivity index (χ4n) is 5.30. The lowest BCUT2D eigenvalue weighted by molar-refractivity contribution is -0.156. The molecule has 0 bridgehead atoms. The van der Waals surface area contributed by atoms with Gasteiger partial charge in [0.25, 0.3) is 0 Å². The molecule has 190 valence electrons. The number of carboxylic acid groups (broad SMARTS) is 1. The van der Waals surface area contributed by atoms with Gasteiger partial charge in [0.2, 0.25) is 5.91 Å². The van der Waals surface area contributed by atoms with Gasteiger partial charge in [-0.25, -0.2) is 8.42 Å². The summed E-state index contributed by atoms with van der Waals surface area (Å²) in [4.78, 5) is 23.9. The number of carbonyl (C=O) groups is 2. The number of primary amides is 1. The molecule has 2 unspecified atom stereocenters.